The number of rotatable bonds is 5. The number of nitrogens with one attached hydrogen (secondary N) is 1. The van der Waals surface area contributed by atoms with E-state index in [4.69, 9.17) is 4.74 Å². The number of aromatic nitrogens is 2. The Balaban J connectivity index is 2.08. The molecule has 1 N–H and O–H groups in total. The first-order chi connectivity index (χ1) is 8.29. The minimum absolute atomic E-state index is 0.0192. The lowest BCUT2D eigenvalue weighted by Crippen LogP contribution is -2.15. The first-order valence-corrected chi connectivity index (χ1v) is 6.38. The van der Waals surface area contributed by atoms with Crippen LogP contribution in [0.25, 0.3) is 0 Å². The Morgan fingerprint density at radius 3 is 2.94 bits per heavy atom. The molecule has 0 aliphatic heterocycles. The molecule has 1 aliphatic rings. The number of hydrogen-bond acceptors (Lipinski definition) is 3. The number of methoxy groups -OCH3 is 1. The van der Waals surface area contributed by atoms with Crippen molar-refractivity contribution in [2.45, 2.75) is 44.4 Å². The lowest BCUT2D eigenvalue weighted by atomic mass is 10.1. The molecule has 0 aromatic carbocycles. The Labute approximate surface area is 101 Å². The molecule has 4 nitrogen and oxygen atoms in total. The number of ether oxygens (including phenoxy) is 1. The van der Waals surface area contributed by atoms with Gasteiger partial charge in [-0.2, -0.15) is 0 Å². The van der Waals surface area contributed by atoms with Gasteiger partial charge < -0.3 is 9.72 Å². The van der Waals surface area contributed by atoms with Gasteiger partial charge in [0.1, 0.15) is 5.82 Å². The Morgan fingerprint density at radius 2 is 2.24 bits per heavy atom. The summed E-state index contributed by atoms with van der Waals surface area (Å²) in [5.41, 5.74) is 0.877. The first kappa shape index (κ1) is 12.3. The van der Waals surface area contributed by atoms with Gasteiger partial charge in [-0.1, -0.05) is 12.8 Å². The molecule has 0 saturated heterocycles. The van der Waals surface area contributed by atoms with E-state index in [0.29, 0.717) is 12.5 Å². The fraction of sp³-hybridized carbons (Fsp3) is 0.692. The van der Waals surface area contributed by atoms with Crippen LogP contribution in [-0.4, -0.2) is 23.7 Å². The zero-order valence-electron chi connectivity index (χ0n) is 10.4. The molecular formula is C13H20N2O2. The van der Waals surface area contributed by atoms with Crippen molar-refractivity contribution in [3.63, 3.8) is 0 Å². The molecule has 1 saturated carbocycles. The zero-order valence-corrected chi connectivity index (χ0v) is 10.4. The Bertz CT molecular complexity index is 408. The molecule has 0 radical (unpaired) electrons. The minimum atomic E-state index is -0.0192. The number of aromatic amines is 1. The highest BCUT2D eigenvalue weighted by Gasteiger charge is 2.19. The SMILES string of the molecule is COCCCc1cc(=O)[nH]c(C2CCCC2)n1. The van der Waals surface area contributed by atoms with Crippen LogP contribution >= 0.6 is 0 Å². The van der Waals surface area contributed by atoms with Crippen molar-refractivity contribution in [2.24, 2.45) is 0 Å². The third kappa shape index (κ3) is 3.40. The maximum atomic E-state index is 11.6. The van der Waals surface area contributed by atoms with Gasteiger partial charge in [0, 0.05) is 31.4 Å². The van der Waals surface area contributed by atoms with E-state index >= 15 is 0 Å². The zero-order chi connectivity index (χ0) is 12.1. The van der Waals surface area contributed by atoms with Crippen LogP contribution in [0.3, 0.4) is 0 Å². The Kier molecular flexibility index (Phi) is 4.31. The summed E-state index contributed by atoms with van der Waals surface area (Å²) in [5.74, 6) is 1.35. The molecule has 1 aromatic rings. The maximum absolute atomic E-state index is 11.6. The standard InChI is InChI=1S/C13H20N2O2/c1-17-8-4-7-11-9-12(16)15-13(14-11)10-5-2-3-6-10/h9-10H,2-8H2,1H3,(H,14,15,16). The summed E-state index contributed by atoms with van der Waals surface area (Å²) in [5, 5.41) is 0. The molecule has 2 rings (SSSR count). The van der Waals surface area contributed by atoms with Gasteiger partial charge in [0.2, 0.25) is 0 Å². The molecule has 17 heavy (non-hydrogen) atoms. The Morgan fingerprint density at radius 1 is 1.47 bits per heavy atom. The quantitative estimate of drug-likeness (QED) is 0.796. The summed E-state index contributed by atoms with van der Waals surface area (Å²) in [6.07, 6.45) is 6.55. The highest BCUT2D eigenvalue weighted by Crippen LogP contribution is 2.31. The van der Waals surface area contributed by atoms with E-state index in [1.807, 2.05) is 0 Å². The Hall–Kier alpha value is -1.16. The second-order valence-electron chi connectivity index (χ2n) is 4.70. The average molecular weight is 236 g/mol. The van der Waals surface area contributed by atoms with Gasteiger partial charge in [-0.25, -0.2) is 4.98 Å². The molecule has 0 bridgehead atoms. The summed E-state index contributed by atoms with van der Waals surface area (Å²) < 4.78 is 5.01. The van der Waals surface area contributed by atoms with Crippen LogP contribution < -0.4 is 5.56 Å². The van der Waals surface area contributed by atoms with Crippen LogP contribution in [-0.2, 0) is 11.2 Å². The van der Waals surface area contributed by atoms with Gasteiger partial charge >= 0.3 is 0 Å². The van der Waals surface area contributed by atoms with E-state index in [1.165, 1.54) is 12.8 Å². The molecule has 0 spiro atoms. The molecular weight excluding hydrogens is 216 g/mol. The van der Waals surface area contributed by atoms with Crippen LogP contribution in [0.4, 0.5) is 0 Å². The summed E-state index contributed by atoms with van der Waals surface area (Å²) in [6.45, 7) is 0.716. The van der Waals surface area contributed by atoms with Crippen molar-refractivity contribution in [3.05, 3.63) is 27.9 Å². The van der Waals surface area contributed by atoms with Gasteiger partial charge in [-0.3, -0.25) is 4.79 Å². The first-order valence-electron chi connectivity index (χ1n) is 6.38. The monoisotopic (exact) mass is 236 g/mol. The normalized spacial score (nSPS) is 16.5. The molecule has 0 amide bonds. The summed E-state index contributed by atoms with van der Waals surface area (Å²) in [7, 11) is 1.69. The lowest BCUT2D eigenvalue weighted by molar-refractivity contribution is 0.195. The third-order valence-electron chi connectivity index (χ3n) is 3.34. The fourth-order valence-electron chi connectivity index (χ4n) is 2.45. The van der Waals surface area contributed by atoms with Gasteiger partial charge in [0.15, 0.2) is 0 Å². The van der Waals surface area contributed by atoms with E-state index in [9.17, 15) is 4.79 Å². The van der Waals surface area contributed by atoms with Crippen LogP contribution in [0.5, 0.6) is 0 Å². The molecule has 4 heteroatoms. The maximum Gasteiger partial charge on any atom is 0.251 e. The highest BCUT2D eigenvalue weighted by atomic mass is 16.5. The smallest absolute Gasteiger partial charge is 0.251 e. The molecule has 0 unspecified atom stereocenters. The van der Waals surface area contributed by atoms with Crippen LogP contribution in [0.2, 0.25) is 0 Å². The number of H-pyrrole nitrogens is 1. The summed E-state index contributed by atoms with van der Waals surface area (Å²) in [4.78, 5) is 19.0. The molecule has 1 aromatic heterocycles. The average Bonchev–Trinajstić information content (AvgIpc) is 2.82. The molecule has 1 fully saturated rings. The molecule has 0 atom stereocenters. The third-order valence-corrected chi connectivity index (χ3v) is 3.34. The number of hydrogen-bond donors (Lipinski definition) is 1. The van der Waals surface area contributed by atoms with E-state index < -0.39 is 0 Å². The van der Waals surface area contributed by atoms with E-state index in [0.717, 1.165) is 37.2 Å². The lowest BCUT2D eigenvalue weighted by Gasteiger charge is -2.09. The second kappa shape index (κ2) is 5.96. The van der Waals surface area contributed by atoms with E-state index in [2.05, 4.69) is 9.97 Å². The molecule has 94 valence electrons. The van der Waals surface area contributed by atoms with Crippen molar-refractivity contribution in [3.8, 4) is 0 Å². The van der Waals surface area contributed by atoms with Crippen molar-refractivity contribution >= 4 is 0 Å². The van der Waals surface area contributed by atoms with Crippen molar-refractivity contribution in [1.29, 1.82) is 0 Å². The predicted octanol–water partition coefficient (Wildman–Crippen LogP) is 2.01. The van der Waals surface area contributed by atoms with Crippen molar-refractivity contribution in [2.75, 3.05) is 13.7 Å². The number of aryl methyl sites for hydroxylation is 1. The summed E-state index contributed by atoms with van der Waals surface area (Å²) in [6, 6.07) is 1.61. The topological polar surface area (TPSA) is 55.0 Å². The van der Waals surface area contributed by atoms with Gasteiger partial charge in [0.05, 0.1) is 0 Å². The number of nitrogens with zero attached hydrogens (tertiary/aromatic N) is 1. The van der Waals surface area contributed by atoms with Crippen LogP contribution in [0.15, 0.2) is 10.9 Å². The van der Waals surface area contributed by atoms with E-state index in [-0.39, 0.29) is 5.56 Å². The summed E-state index contributed by atoms with van der Waals surface area (Å²) >= 11 is 0. The second-order valence-corrected chi connectivity index (χ2v) is 4.70. The molecule has 1 aliphatic carbocycles. The minimum Gasteiger partial charge on any atom is -0.385 e. The largest absolute Gasteiger partial charge is 0.385 e. The molecule has 1 heterocycles. The fourth-order valence-corrected chi connectivity index (χ4v) is 2.45. The van der Waals surface area contributed by atoms with Crippen LogP contribution in [0, 0.1) is 0 Å². The van der Waals surface area contributed by atoms with Gasteiger partial charge in [-0.15, -0.1) is 0 Å². The predicted molar refractivity (Wildman–Crippen MR) is 66.3 cm³/mol. The van der Waals surface area contributed by atoms with Gasteiger partial charge in [0.25, 0.3) is 5.56 Å². The van der Waals surface area contributed by atoms with Crippen molar-refractivity contribution < 1.29 is 4.74 Å². The van der Waals surface area contributed by atoms with Crippen LogP contribution in [0.1, 0.15) is 49.5 Å². The highest BCUT2D eigenvalue weighted by molar-refractivity contribution is 5.07. The van der Waals surface area contributed by atoms with Gasteiger partial charge in [-0.05, 0) is 25.7 Å². The van der Waals surface area contributed by atoms with Crippen molar-refractivity contribution in [1.82, 2.24) is 9.97 Å². The van der Waals surface area contributed by atoms with E-state index in [1.54, 1.807) is 13.2 Å².